The van der Waals surface area contributed by atoms with Crippen molar-refractivity contribution in [2.45, 2.75) is 27.7 Å². The molecule has 0 aliphatic heterocycles. The Bertz CT molecular complexity index is 402. The number of benzene rings is 1. The van der Waals surface area contributed by atoms with Gasteiger partial charge < -0.3 is 9.47 Å². The van der Waals surface area contributed by atoms with Crippen LogP contribution in [0.15, 0.2) is 18.2 Å². The van der Waals surface area contributed by atoms with Crippen LogP contribution in [0, 0.1) is 5.41 Å². The smallest absolute Gasteiger partial charge is 0.161 e. The van der Waals surface area contributed by atoms with Crippen molar-refractivity contribution in [3.8, 4) is 11.5 Å². The fraction of sp³-hybridized carbons (Fsp3) is 0.500. The molecule has 94 valence electrons. The van der Waals surface area contributed by atoms with Gasteiger partial charge in [0, 0.05) is 5.56 Å². The van der Waals surface area contributed by atoms with Gasteiger partial charge in [-0.05, 0) is 30.5 Å². The molecule has 0 bridgehead atoms. The third-order valence-corrected chi connectivity index (χ3v) is 2.23. The summed E-state index contributed by atoms with van der Waals surface area (Å²) in [5, 5.41) is 0. The molecule has 1 aromatic rings. The molecule has 0 aromatic heterocycles. The second kappa shape index (κ2) is 5.21. The monoisotopic (exact) mass is 236 g/mol. The molecule has 0 saturated carbocycles. The van der Waals surface area contributed by atoms with E-state index >= 15 is 0 Å². The van der Waals surface area contributed by atoms with Gasteiger partial charge in [0.1, 0.15) is 0 Å². The molecule has 0 N–H and O–H groups in total. The molecule has 0 spiro atoms. The maximum atomic E-state index is 11.3. The molecule has 0 atom stereocenters. The second-order valence-corrected chi connectivity index (χ2v) is 5.27. The molecule has 3 heteroatoms. The number of rotatable bonds is 4. The van der Waals surface area contributed by atoms with Gasteiger partial charge in [0.25, 0.3) is 0 Å². The highest BCUT2D eigenvalue weighted by Gasteiger charge is 2.14. The number of hydrogen-bond donors (Lipinski definition) is 0. The summed E-state index contributed by atoms with van der Waals surface area (Å²) in [6, 6.07) is 5.23. The lowest BCUT2D eigenvalue weighted by Gasteiger charge is -2.20. The first-order valence-corrected chi connectivity index (χ1v) is 5.65. The minimum atomic E-state index is 0.0215. The van der Waals surface area contributed by atoms with Crippen LogP contribution in [0.5, 0.6) is 11.5 Å². The standard InChI is InChI=1S/C14H20O3/c1-10(15)11-6-7-12(16-5)13(8-11)17-9-14(2,3)4/h6-8H,9H2,1-5H3. The van der Waals surface area contributed by atoms with E-state index in [9.17, 15) is 4.79 Å². The summed E-state index contributed by atoms with van der Waals surface area (Å²) in [6.07, 6.45) is 0. The Morgan fingerprint density at radius 3 is 2.35 bits per heavy atom. The molecule has 0 fully saturated rings. The highest BCUT2D eigenvalue weighted by atomic mass is 16.5. The first-order valence-electron chi connectivity index (χ1n) is 5.65. The van der Waals surface area contributed by atoms with Gasteiger partial charge in [-0.2, -0.15) is 0 Å². The van der Waals surface area contributed by atoms with Gasteiger partial charge in [-0.3, -0.25) is 4.79 Å². The highest BCUT2D eigenvalue weighted by molar-refractivity contribution is 5.94. The Kier molecular flexibility index (Phi) is 4.16. The van der Waals surface area contributed by atoms with E-state index in [1.54, 1.807) is 25.3 Å². The van der Waals surface area contributed by atoms with E-state index in [4.69, 9.17) is 9.47 Å². The minimum Gasteiger partial charge on any atom is -0.493 e. The summed E-state index contributed by atoms with van der Waals surface area (Å²) in [4.78, 5) is 11.3. The zero-order valence-electron chi connectivity index (χ0n) is 11.2. The van der Waals surface area contributed by atoms with Gasteiger partial charge in [-0.1, -0.05) is 20.8 Å². The number of methoxy groups -OCH3 is 1. The Labute approximate surface area is 103 Å². The fourth-order valence-corrected chi connectivity index (χ4v) is 1.30. The van der Waals surface area contributed by atoms with Crippen molar-refractivity contribution in [1.29, 1.82) is 0 Å². The molecule has 0 radical (unpaired) electrons. The zero-order valence-corrected chi connectivity index (χ0v) is 11.2. The summed E-state index contributed by atoms with van der Waals surface area (Å²) >= 11 is 0. The third-order valence-electron chi connectivity index (χ3n) is 2.23. The van der Waals surface area contributed by atoms with Crippen molar-refractivity contribution in [3.05, 3.63) is 23.8 Å². The zero-order chi connectivity index (χ0) is 13.1. The van der Waals surface area contributed by atoms with Gasteiger partial charge in [-0.15, -0.1) is 0 Å². The maximum Gasteiger partial charge on any atom is 0.161 e. The summed E-state index contributed by atoms with van der Waals surface area (Å²) in [6.45, 7) is 8.39. The molecule has 1 aromatic carbocycles. The van der Waals surface area contributed by atoms with Crippen molar-refractivity contribution in [2.24, 2.45) is 5.41 Å². The average molecular weight is 236 g/mol. The van der Waals surface area contributed by atoms with E-state index in [0.29, 0.717) is 23.7 Å². The van der Waals surface area contributed by atoms with Gasteiger partial charge >= 0.3 is 0 Å². The van der Waals surface area contributed by atoms with Crippen LogP contribution < -0.4 is 9.47 Å². The Morgan fingerprint density at radius 1 is 1.24 bits per heavy atom. The summed E-state index contributed by atoms with van der Waals surface area (Å²) in [5.74, 6) is 1.29. The van der Waals surface area contributed by atoms with Gasteiger partial charge in [0.15, 0.2) is 17.3 Å². The first-order chi connectivity index (χ1) is 7.83. The Balaban J connectivity index is 2.94. The lowest BCUT2D eigenvalue weighted by atomic mass is 9.99. The van der Waals surface area contributed by atoms with Crippen molar-refractivity contribution in [2.75, 3.05) is 13.7 Å². The number of hydrogen-bond acceptors (Lipinski definition) is 3. The molecule has 0 aliphatic carbocycles. The summed E-state index contributed by atoms with van der Waals surface area (Å²) in [7, 11) is 1.59. The molecular formula is C14H20O3. The maximum absolute atomic E-state index is 11.3. The van der Waals surface area contributed by atoms with Crippen molar-refractivity contribution < 1.29 is 14.3 Å². The molecule has 0 saturated heterocycles. The number of carbonyl (C=O) groups excluding carboxylic acids is 1. The first kappa shape index (κ1) is 13.6. The largest absolute Gasteiger partial charge is 0.493 e. The van der Waals surface area contributed by atoms with E-state index in [1.165, 1.54) is 6.92 Å². The van der Waals surface area contributed by atoms with E-state index in [2.05, 4.69) is 20.8 Å². The molecular weight excluding hydrogens is 216 g/mol. The van der Waals surface area contributed by atoms with Crippen LogP contribution in [0.3, 0.4) is 0 Å². The van der Waals surface area contributed by atoms with E-state index in [0.717, 1.165) is 0 Å². The predicted molar refractivity (Wildman–Crippen MR) is 67.9 cm³/mol. The normalized spacial score (nSPS) is 11.1. The van der Waals surface area contributed by atoms with Crippen LogP contribution in [-0.4, -0.2) is 19.5 Å². The lowest BCUT2D eigenvalue weighted by molar-refractivity contribution is 0.101. The van der Waals surface area contributed by atoms with Crippen molar-refractivity contribution in [3.63, 3.8) is 0 Å². The molecule has 3 nitrogen and oxygen atoms in total. The summed E-state index contributed by atoms with van der Waals surface area (Å²) in [5.41, 5.74) is 0.701. The minimum absolute atomic E-state index is 0.0215. The third kappa shape index (κ3) is 4.10. The molecule has 0 unspecified atom stereocenters. The van der Waals surface area contributed by atoms with Gasteiger partial charge in [-0.25, -0.2) is 0 Å². The topological polar surface area (TPSA) is 35.5 Å². The number of carbonyl (C=O) groups is 1. The van der Waals surface area contributed by atoms with Crippen molar-refractivity contribution in [1.82, 2.24) is 0 Å². The Morgan fingerprint density at radius 2 is 1.88 bits per heavy atom. The number of ether oxygens (including phenoxy) is 2. The quantitative estimate of drug-likeness (QED) is 0.752. The van der Waals surface area contributed by atoms with E-state index in [1.807, 2.05) is 0 Å². The van der Waals surface area contributed by atoms with Gasteiger partial charge in [0.2, 0.25) is 0 Å². The van der Waals surface area contributed by atoms with Crippen LogP contribution in [-0.2, 0) is 0 Å². The number of ketones is 1. The van der Waals surface area contributed by atoms with E-state index in [-0.39, 0.29) is 11.2 Å². The Hall–Kier alpha value is -1.51. The van der Waals surface area contributed by atoms with Crippen LogP contribution in [0.1, 0.15) is 38.1 Å². The average Bonchev–Trinajstić information content (AvgIpc) is 2.24. The molecule has 0 heterocycles. The van der Waals surface area contributed by atoms with Crippen molar-refractivity contribution >= 4 is 5.78 Å². The lowest BCUT2D eigenvalue weighted by Crippen LogP contribution is -2.17. The predicted octanol–water partition coefficient (Wildman–Crippen LogP) is 3.32. The van der Waals surface area contributed by atoms with Crippen LogP contribution >= 0.6 is 0 Å². The van der Waals surface area contributed by atoms with Crippen LogP contribution in [0.4, 0.5) is 0 Å². The number of Topliss-reactive ketones (excluding diaryl/α,β-unsaturated/α-hetero) is 1. The molecule has 1 rings (SSSR count). The van der Waals surface area contributed by atoms with E-state index < -0.39 is 0 Å². The SMILES string of the molecule is COc1ccc(C(C)=O)cc1OCC(C)(C)C. The second-order valence-electron chi connectivity index (χ2n) is 5.27. The molecule has 0 amide bonds. The summed E-state index contributed by atoms with van der Waals surface area (Å²) < 4.78 is 10.9. The van der Waals surface area contributed by atoms with Crippen LogP contribution in [0.25, 0.3) is 0 Å². The van der Waals surface area contributed by atoms with Gasteiger partial charge in [0.05, 0.1) is 13.7 Å². The molecule has 17 heavy (non-hydrogen) atoms. The van der Waals surface area contributed by atoms with Crippen LogP contribution in [0.2, 0.25) is 0 Å². The fourth-order valence-electron chi connectivity index (χ4n) is 1.30. The molecule has 0 aliphatic rings. The highest BCUT2D eigenvalue weighted by Crippen LogP contribution is 2.29.